The molecule has 0 aromatic carbocycles. The van der Waals surface area contributed by atoms with E-state index in [4.69, 9.17) is 4.74 Å². The van der Waals surface area contributed by atoms with E-state index in [1.807, 2.05) is 0 Å². The minimum atomic E-state index is 0.0227. The molecule has 20 heavy (non-hydrogen) atoms. The molecule has 1 aliphatic heterocycles. The van der Waals surface area contributed by atoms with Gasteiger partial charge in [0.1, 0.15) is 0 Å². The fraction of sp³-hybridized carbons (Fsp3) is 0.938. The van der Waals surface area contributed by atoms with E-state index in [1.54, 1.807) is 0 Å². The number of carbonyl (C=O) groups is 1. The fourth-order valence-electron chi connectivity index (χ4n) is 2.43. The van der Waals surface area contributed by atoms with E-state index in [-0.39, 0.29) is 23.5 Å². The van der Waals surface area contributed by atoms with Crippen molar-refractivity contribution < 1.29 is 9.53 Å². The van der Waals surface area contributed by atoms with Gasteiger partial charge >= 0.3 is 0 Å². The number of ether oxygens (including phenoxy) is 1. The van der Waals surface area contributed by atoms with Crippen LogP contribution in [0, 0.1) is 11.3 Å². The summed E-state index contributed by atoms with van der Waals surface area (Å²) in [7, 11) is 0. The van der Waals surface area contributed by atoms with Crippen LogP contribution in [0.1, 0.15) is 53.9 Å². The molecule has 0 radical (unpaired) electrons. The summed E-state index contributed by atoms with van der Waals surface area (Å²) < 4.78 is 5.59. The van der Waals surface area contributed by atoms with Crippen LogP contribution in [-0.4, -0.2) is 37.7 Å². The Morgan fingerprint density at radius 3 is 2.55 bits per heavy atom. The Balaban J connectivity index is 2.44. The van der Waals surface area contributed by atoms with Crippen molar-refractivity contribution in [3.05, 3.63) is 0 Å². The third-order valence-corrected chi connectivity index (χ3v) is 3.83. The standard InChI is InChI=1S/C16H32N2O2/c1-12(2)6-7-14(16(3,4)5)18-15(19)10-13-11-17-8-9-20-13/h12-14,17H,6-11H2,1-5H3,(H,18,19)/t13-,14-/m0/s1. The summed E-state index contributed by atoms with van der Waals surface area (Å²) in [6.07, 6.45) is 2.66. The Labute approximate surface area is 124 Å². The topological polar surface area (TPSA) is 50.4 Å². The maximum atomic E-state index is 12.2. The van der Waals surface area contributed by atoms with Crippen LogP contribution in [0.5, 0.6) is 0 Å². The molecule has 0 unspecified atom stereocenters. The van der Waals surface area contributed by atoms with Crippen LogP contribution in [0.3, 0.4) is 0 Å². The number of hydrogen-bond donors (Lipinski definition) is 2. The van der Waals surface area contributed by atoms with Gasteiger partial charge in [0.25, 0.3) is 0 Å². The predicted molar refractivity (Wildman–Crippen MR) is 82.7 cm³/mol. The van der Waals surface area contributed by atoms with Crippen molar-refractivity contribution in [2.45, 2.75) is 66.0 Å². The maximum Gasteiger partial charge on any atom is 0.222 e. The van der Waals surface area contributed by atoms with Crippen LogP contribution in [0.2, 0.25) is 0 Å². The molecule has 1 saturated heterocycles. The van der Waals surface area contributed by atoms with Gasteiger partial charge in [-0.2, -0.15) is 0 Å². The molecular formula is C16H32N2O2. The third kappa shape index (κ3) is 6.71. The lowest BCUT2D eigenvalue weighted by Crippen LogP contribution is -2.47. The van der Waals surface area contributed by atoms with Crippen LogP contribution in [0.4, 0.5) is 0 Å². The highest BCUT2D eigenvalue weighted by atomic mass is 16.5. The molecule has 0 spiro atoms. The van der Waals surface area contributed by atoms with Crippen molar-refractivity contribution in [3.63, 3.8) is 0 Å². The van der Waals surface area contributed by atoms with E-state index >= 15 is 0 Å². The molecule has 0 aromatic heterocycles. The molecule has 2 N–H and O–H groups in total. The largest absolute Gasteiger partial charge is 0.375 e. The third-order valence-electron chi connectivity index (χ3n) is 3.83. The van der Waals surface area contributed by atoms with Crippen LogP contribution >= 0.6 is 0 Å². The van der Waals surface area contributed by atoms with Crippen molar-refractivity contribution in [1.82, 2.24) is 10.6 Å². The highest BCUT2D eigenvalue weighted by Crippen LogP contribution is 2.24. The number of amides is 1. The Kier molecular flexibility index (Phi) is 6.96. The first-order chi connectivity index (χ1) is 9.29. The smallest absolute Gasteiger partial charge is 0.222 e. The van der Waals surface area contributed by atoms with Gasteiger partial charge in [0.2, 0.25) is 5.91 Å². The summed E-state index contributed by atoms with van der Waals surface area (Å²) in [6, 6.07) is 0.231. The van der Waals surface area contributed by atoms with Crippen LogP contribution < -0.4 is 10.6 Å². The monoisotopic (exact) mass is 284 g/mol. The Morgan fingerprint density at radius 1 is 1.35 bits per heavy atom. The number of rotatable bonds is 6. The molecular weight excluding hydrogens is 252 g/mol. The molecule has 0 bridgehead atoms. The van der Waals surface area contributed by atoms with Gasteiger partial charge in [0.05, 0.1) is 19.1 Å². The second-order valence-corrected chi connectivity index (χ2v) is 7.36. The highest BCUT2D eigenvalue weighted by Gasteiger charge is 2.27. The molecule has 1 amide bonds. The van der Waals surface area contributed by atoms with Gasteiger partial charge < -0.3 is 15.4 Å². The predicted octanol–water partition coefficient (Wildman–Crippen LogP) is 2.33. The Bertz CT molecular complexity index is 291. The summed E-state index contributed by atoms with van der Waals surface area (Å²) in [4.78, 5) is 12.2. The van der Waals surface area contributed by atoms with Gasteiger partial charge in [-0.15, -0.1) is 0 Å². The molecule has 1 heterocycles. The number of carbonyl (C=O) groups excluding carboxylic acids is 1. The first-order valence-corrected chi connectivity index (χ1v) is 7.90. The van der Waals surface area contributed by atoms with Crippen molar-refractivity contribution in [1.29, 1.82) is 0 Å². The van der Waals surface area contributed by atoms with Crippen LogP contribution in [-0.2, 0) is 9.53 Å². The second kappa shape index (κ2) is 7.99. The molecule has 0 aromatic rings. The Morgan fingerprint density at radius 2 is 2.05 bits per heavy atom. The summed E-state index contributed by atoms with van der Waals surface area (Å²) in [5.74, 6) is 0.782. The van der Waals surface area contributed by atoms with E-state index in [2.05, 4.69) is 45.3 Å². The van der Waals surface area contributed by atoms with Crippen LogP contribution in [0.25, 0.3) is 0 Å². The quantitative estimate of drug-likeness (QED) is 0.787. The maximum absolute atomic E-state index is 12.2. The van der Waals surface area contributed by atoms with E-state index in [1.165, 1.54) is 0 Å². The van der Waals surface area contributed by atoms with Gasteiger partial charge in [-0.1, -0.05) is 34.6 Å². The van der Waals surface area contributed by atoms with Gasteiger partial charge in [-0.25, -0.2) is 0 Å². The molecule has 0 aliphatic carbocycles. The van der Waals surface area contributed by atoms with E-state index in [9.17, 15) is 4.79 Å². The van der Waals surface area contributed by atoms with Gasteiger partial charge in [0, 0.05) is 19.1 Å². The molecule has 1 fully saturated rings. The minimum Gasteiger partial charge on any atom is -0.375 e. The zero-order valence-electron chi connectivity index (χ0n) is 13.8. The average molecular weight is 284 g/mol. The lowest BCUT2D eigenvalue weighted by Gasteiger charge is -2.33. The zero-order chi connectivity index (χ0) is 15.2. The van der Waals surface area contributed by atoms with Crippen molar-refractivity contribution in [3.8, 4) is 0 Å². The number of nitrogens with one attached hydrogen (secondary N) is 2. The van der Waals surface area contributed by atoms with Gasteiger partial charge in [0.15, 0.2) is 0 Å². The van der Waals surface area contributed by atoms with Gasteiger partial charge in [-0.3, -0.25) is 4.79 Å². The minimum absolute atomic E-state index is 0.0227. The lowest BCUT2D eigenvalue weighted by molar-refractivity contribution is -0.126. The average Bonchev–Trinajstić information content (AvgIpc) is 2.34. The summed E-state index contributed by atoms with van der Waals surface area (Å²) in [6.45, 7) is 13.4. The van der Waals surface area contributed by atoms with E-state index in [0.29, 0.717) is 18.9 Å². The highest BCUT2D eigenvalue weighted by molar-refractivity contribution is 5.76. The first kappa shape index (κ1) is 17.4. The first-order valence-electron chi connectivity index (χ1n) is 7.90. The molecule has 2 atom stereocenters. The van der Waals surface area contributed by atoms with Crippen molar-refractivity contribution in [2.24, 2.45) is 11.3 Å². The van der Waals surface area contributed by atoms with Gasteiger partial charge in [-0.05, 0) is 24.2 Å². The fourth-order valence-corrected chi connectivity index (χ4v) is 2.43. The number of morpholine rings is 1. The molecule has 1 aliphatic rings. The molecule has 4 heteroatoms. The molecule has 0 saturated carbocycles. The summed E-state index contributed by atoms with van der Waals surface area (Å²) in [5.41, 5.74) is 0.0935. The molecule has 118 valence electrons. The van der Waals surface area contributed by atoms with Crippen molar-refractivity contribution >= 4 is 5.91 Å². The normalized spacial score (nSPS) is 21.8. The zero-order valence-corrected chi connectivity index (χ0v) is 13.8. The van der Waals surface area contributed by atoms with E-state index < -0.39 is 0 Å². The summed E-state index contributed by atoms with van der Waals surface area (Å²) >= 11 is 0. The SMILES string of the molecule is CC(C)CC[C@H](NC(=O)C[C@H]1CNCCO1)C(C)(C)C. The summed E-state index contributed by atoms with van der Waals surface area (Å²) in [5, 5.41) is 6.47. The molecule has 4 nitrogen and oxygen atoms in total. The second-order valence-electron chi connectivity index (χ2n) is 7.36. The molecule has 1 rings (SSSR count). The number of hydrogen-bond acceptors (Lipinski definition) is 3. The van der Waals surface area contributed by atoms with E-state index in [0.717, 1.165) is 25.9 Å². The van der Waals surface area contributed by atoms with Crippen LogP contribution in [0.15, 0.2) is 0 Å². The van der Waals surface area contributed by atoms with Crippen molar-refractivity contribution in [2.75, 3.05) is 19.7 Å². The Hall–Kier alpha value is -0.610. The lowest BCUT2D eigenvalue weighted by atomic mass is 9.82.